The number of rotatable bonds is 8. The first-order chi connectivity index (χ1) is 12.7. The Hall–Kier alpha value is -1.92. The van der Waals surface area contributed by atoms with Crippen molar-refractivity contribution >= 4 is 11.8 Å². The smallest absolute Gasteiger partial charge is 0.237 e. The van der Waals surface area contributed by atoms with Gasteiger partial charge in [-0.25, -0.2) is 0 Å². The largest absolute Gasteiger partial charge is 0.355 e. The van der Waals surface area contributed by atoms with Crippen molar-refractivity contribution in [3.8, 4) is 0 Å². The summed E-state index contributed by atoms with van der Waals surface area (Å²) in [6.07, 6.45) is 0.190. The third-order valence-corrected chi connectivity index (χ3v) is 4.84. The van der Waals surface area contributed by atoms with Crippen LogP contribution >= 0.6 is 0 Å². The van der Waals surface area contributed by atoms with Crippen LogP contribution in [-0.2, 0) is 16.1 Å². The monoisotopic (exact) mass is 374 g/mol. The molecule has 0 spiro atoms. The second kappa shape index (κ2) is 9.33. The highest BCUT2D eigenvalue weighted by molar-refractivity contribution is 5.88. The van der Waals surface area contributed by atoms with E-state index in [0.29, 0.717) is 19.6 Å². The van der Waals surface area contributed by atoms with Crippen LogP contribution in [0.1, 0.15) is 31.4 Å². The van der Waals surface area contributed by atoms with Gasteiger partial charge in [0.05, 0.1) is 12.5 Å². The van der Waals surface area contributed by atoms with Crippen molar-refractivity contribution in [3.05, 3.63) is 35.4 Å². The van der Waals surface area contributed by atoms with Gasteiger partial charge in [0, 0.05) is 32.7 Å². The molecular weight excluding hydrogens is 340 g/mol. The first-order valence-corrected chi connectivity index (χ1v) is 9.65. The van der Waals surface area contributed by atoms with Crippen LogP contribution in [0.5, 0.6) is 0 Å². The van der Waals surface area contributed by atoms with Crippen LogP contribution in [0, 0.1) is 12.3 Å². The van der Waals surface area contributed by atoms with E-state index in [9.17, 15) is 9.59 Å². The average Bonchev–Trinajstić information content (AvgIpc) is 2.57. The number of carbonyl (C=O) groups excluding carboxylic acids is 2. The second-order valence-electron chi connectivity index (χ2n) is 8.65. The summed E-state index contributed by atoms with van der Waals surface area (Å²) in [4.78, 5) is 29.1. The summed E-state index contributed by atoms with van der Waals surface area (Å²) >= 11 is 0. The fraction of sp³-hybridized carbons (Fsp3) is 0.619. The highest BCUT2D eigenvalue weighted by Crippen LogP contribution is 2.16. The molecule has 1 heterocycles. The maximum Gasteiger partial charge on any atom is 0.237 e. The Morgan fingerprint density at radius 1 is 1.30 bits per heavy atom. The number of hydrogen-bond donors (Lipinski definition) is 2. The molecule has 2 amide bonds. The topological polar surface area (TPSA) is 64.7 Å². The number of hydrogen-bond acceptors (Lipinski definition) is 4. The Bertz CT molecular complexity index is 640. The molecule has 1 aromatic carbocycles. The number of benzene rings is 1. The number of aryl methyl sites for hydroxylation is 1. The maximum atomic E-state index is 12.5. The molecule has 1 saturated heterocycles. The minimum absolute atomic E-state index is 0.0183. The first kappa shape index (κ1) is 21.4. The molecule has 6 nitrogen and oxygen atoms in total. The Balaban J connectivity index is 1.94. The summed E-state index contributed by atoms with van der Waals surface area (Å²) in [6, 6.07) is 7.91. The zero-order valence-electron chi connectivity index (χ0n) is 17.3. The van der Waals surface area contributed by atoms with Crippen molar-refractivity contribution in [1.82, 2.24) is 20.4 Å². The molecule has 1 aliphatic rings. The van der Waals surface area contributed by atoms with E-state index in [0.717, 1.165) is 18.7 Å². The van der Waals surface area contributed by atoms with Crippen molar-refractivity contribution in [2.75, 3.05) is 40.3 Å². The summed E-state index contributed by atoms with van der Waals surface area (Å²) in [7, 11) is 4.05. The Morgan fingerprint density at radius 2 is 1.96 bits per heavy atom. The molecule has 2 N–H and O–H groups in total. The SMILES string of the molecule is Cc1ccc(CN2CCNC(=O)[C@@H]2CC(=O)NCC(C)(C)CN(C)C)cc1. The van der Waals surface area contributed by atoms with Gasteiger partial charge in [-0.15, -0.1) is 0 Å². The van der Waals surface area contributed by atoms with E-state index in [1.54, 1.807) is 0 Å². The van der Waals surface area contributed by atoms with E-state index in [4.69, 9.17) is 0 Å². The lowest BCUT2D eigenvalue weighted by Crippen LogP contribution is -2.56. The van der Waals surface area contributed by atoms with Crippen molar-refractivity contribution in [2.24, 2.45) is 5.41 Å². The van der Waals surface area contributed by atoms with Gasteiger partial charge in [0.2, 0.25) is 11.8 Å². The Morgan fingerprint density at radius 3 is 2.59 bits per heavy atom. The fourth-order valence-corrected chi connectivity index (χ4v) is 3.60. The number of amides is 2. The van der Waals surface area contributed by atoms with Gasteiger partial charge in [-0.3, -0.25) is 14.5 Å². The first-order valence-electron chi connectivity index (χ1n) is 9.65. The minimum Gasteiger partial charge on any atom is -0.355 e. The van der Waals surface area contributed by atoms with Crippen molar-refractivity contribution in [2.45, 2.75) is 39.8 Å². The van der Waals surface area contributed by atoms with Gasteiger partial charge in [-0.2, -0.15) is 0 Å². The van der Waals surface area contributed by atoms with Crippen LogP contribution < -0.4 is 10.6 Å². The van der Waals surface area contributed by atoms with Crippen LogP contribution in [0.4, 0.5) is 0 Å². The fourth-order valence-electron chi connectivity index (χ4n) is 3.60. The molecule has 1 aromatic rings. The summed E-state index contributed by atoms with van der Waals surface area (Å²) in [5, 5.41) is 5.91. The third-order valence-electron chi connectivity index (χ3n) is 4.84. The van der Waals surface area contributed by atoms with E-state index in [-0.39, 0.29) is 23.7 Å². The van der Waals surface area contributed by atoms with Crippen LogP contribution in [0.2, 0.25) is 0 Å². The van der Waals surface area contributed by atoms with Gasteiger partial charge in [0.15, 0.2) is 0 Å². The Labute approximate surface area is 163 Å². The molecule has 1 aliphatic heterocycles. The van der Waals surface area contributed by atoms with Crippen LogP contribution in [-0.4, -0.2) is 67.9 Å². The molecule has 2 rings (SSSR count). The van der Waals surface area contributed by atoms with Gasteiger partial charge in [-0.05, 0) is 32.0 Å². The highest BCUT2D eigenvalue weighted by atomic mass is 16.2. The van der Waals surface area contributed by atoms with Gasteiger partial charge < -0.3 is 15.5 Å². The van der Waals surface area contributed by atoms with Crippen LogP contribution in [0.25, 0.3) is 0 Å². The predicted molar refractivity (Wildman–Crippen MR) is 108 cm³/mol. The quantitative estimate of drug-likeness (QED) is 0.722. The average molecular weight is 375 g/mol. The van der Waals surface area contributed by atoms with Gasteiger partial charge in [-0.1, -0.05) is 43.7 Å². The summed E-state index contributed by atoms with van der Waals surface area (Å²) in [5.41, 5.74) is 2.36. The number of piperazine rings is 1. The zero-order chi connectivity index (χ0) is 20.0. The van der Waals surface area contributed by atoms with E-state index >= 15 is 0 Å². The van der Waals surface area contributed by atoms with Crippen molar-refractivity contribution < 1.29 is 9.59 Å². The van der Waals surface area contributed by atoms with E-state index in [1.807, 2.05) is 14.1 Å². The molecule has 1 fully saturated rings. The van der Waals surface area contributed by atoms with E-state index in [1.165, 1.54) is 5.56 Å². The lowest BCUT2D eigenvalue weighted by atomic mass is 9.93. The van der Waals surface area contributed by atoms with Gasteiger partial charge in [0.25, 0.3) is 0 Å². The lowest BCUT2D eigenvalue weighted by Gasteiger charge is -2.35. The summed E-state index contributed by atoms with van der Waals surface area (Å²) in [5.74, 6) is -0.131. The van der Waals surface area contributed by atoms with Crippen LogP contribution in [0.3, 0.4) is 0 Å². The number of carbonyl (C=O) groups is 2. The molecule has 0 radical (unpaired) electrons. The molecule has 0 aromatic heterocycles. The summed E-state index contributed by atoms with van der Waals surface area (Å²) < 4.78 is 0. The standard InChI is InChI=1S/C21H34N4O2/c1-16-6-8-17(9-7-16)13-25-11-10-22-20(27)18(25)12-19(26)23-14-21(2,3)15-24(4)5/h6-9,18H,10-15H2,1-5H3,(H,22,27)(H,23,26)/t18-/m0/s1. The number of nitrogens with one attached hydrogen (secondary N) is 2. The molecule has 0 bridgehead atoms. The van der Waals surface area contributed by atoms with Crippen LogP contribution in [0.15, 0.2) is 24.3 Å². The predicted octanol–water partition coefficient (Wildman–Crippen LogP) is 1.39. The van der Waals surface area contributed by atoms with Gasteiger partial charge in [0.1, 0.15) is 0 Å². The summed E-state index contributed by atoms with van der Waals surface area (Å²) in [6.45, 7) is 9.85. The molecule has 1 atom stereocenters. The molecule has 0 saturated carbocycles. The molecule has 0 unspecified atom stereocenters. The molecule has 0 aliphatic carbocycles. The van der Waals surface area contributed by atoms with Crippen molar-refractivity contribution in [3.63, 3.8) is 0 Å². The molecule has 27 heavy (non-hydrogen) atoms. The van der Waals surface area contributed by atoms with Crippen molar-refractivity contribution in [1.29, 1.82) is 0 Å². The molecule has 6 heteroatoms. The highest BCUT2D eigenvalue weighted by Gasteiger charge is 2.32. The lowest BCUT2D eigenvalue weighted by molar-refractivity contribution is -0.134. The molecule has 150 valence electrons. The normalized spacial score (nSPS) is 18.4. The third kappa shape index (κ3) is 6.96. The zero-order valence-corrected chi connectivity index (χ0v) is 17.3. The Kier molecular flexibility index (Phi) is 7.39. The maximum absolute atomic E-state index is 12.5. The number of nitrogens with zero attached hydrogens (tertiary/aromatic N) is 2. The van der Waals surface area contributed by atoms with E-state index < -0.39 is 6.04 Å². The second-order valence-corrected chi connectivity index (χ2v) is 8.65. The molecular formula is C21H34N4O2. The van der Waals surface area contributed by atoms with Gasteiger partial charge >= 0.3 is 0 Å². The van der Waals surface area contributed by atoms with E-state index in [2.05, 4.69) is 65.5 Å². The minimum atomic E-state index is -0.419.